The third kappa shape index (κ3) is 4.52. The molecule has 0 saturated heterocycles. The quantitative estimate of drug-likeness (QED) is 0.702. The summed E-state index contributed by atoms with van der Waals surface area (Å²) in [5.74, 6) is 2.05. The Kier molecular flexibility index (Phi) is 6.30. The van der Waals surface area contributed by atoms with Gasteiger partial charge in [0.15, 0.2) is 0 Å². The molecule has 1 rings (SSSR count). The maximum atomic E-state index is 5.95. The van der Waals surface area contributed by atoms with Crippen LogP contribution >= 0.6 is 11.6 Å². The molecule has 0 saturated carbocycles. The SMILES string of the molecule is COCCN(CC(C)C)c1ncccc1CCl. The fraction of sp³-hybridized carbons (Fsp3) is 0.615. The first-order chi connectivity index (χ1) is 8.19. The lowest BCUT2D eigenvalue weighted by molar-refractivity contribution is 0.204. The lowest BCUT2D eigenvalue weighted by Crippen LogP contribution is -2.32. The Hall–Kier alpha value is -0.800. The molecule has 3 nitrogen and oxygen atoms in total. The smallest absolute Gasteiger partial charge is 0.133 e. The van der Waals surface area contributed by atoms with E-state index in [0.29, 0.717) is 18.4 Å². The van der Waals surface area contributed by atoms with Crippen molar-refractivity contribution in [3.8, 4) is 0 Å². The summed E-state index contributed by atoms with van der Waals surface area (Å²) in [6, 6.07) is 3.94. The first kappa shape index (κ1) is 14.3. The van der Waals surface area contributed by atoms with Crippen molar-refractivity contribution in [1.29, 1.82) is 0 Å². The fourth-order valence-corrected chi connectivity index (χ4v) is 1.95. The van der Waals surface area contributed by atoms with Crippen molar-refractivity contribution in [1.82, 2.24) is 4.98 Å². The number of nitrogens with zero attached hydrogens (tertiary/aromatic N) is 2. The zero-order chi connectivity index (χ0) is 12.7. The third-order valence-corrected chi connectivity index (χ3v) is 2.75. The highest BCUT2D eigenvalue weighted by atomic mass is 35.5. The van der Waals surface area contributed by atoms with E-state index in [1.807, 2.05) is 18.3 Å². The first-order valence-electron chi connectivity index (χ1n) is 5.92. The van der Waals surface area contributed by atoms with Gasteiger partial charge in [-0.05, 0) is 12.0 Å². The molecule has 0 radical (unpaired) electrons. The molecule has 96 valence electrons. The van der Waals surface area contributed by atoms with Gasteiger partial charge in [0.05, 0.1) is 12.5 Å². The standard InChI is InChI=1S/C13H21ClN2O/c1-11(2)10-16(7-8-17-3)13-12(9-14)5-4-6-15-13/h4-6,11H,7-10H2,1-3H3. The van der Waals surface area contributed by atoms with Crippen LogP contribution in [0.4, 0.5) is 5.82 Å². The fourth-order valence-electron chi connectivity index (χ4n) is 1.75. The highest BCUT2D eigenvalue weighted by Crippen LogP contribution is 2.19. The van der Waals surface area contributed by atoms with E-state index in [-0.39, 0.29) is 0 Å². The minimum atomic E-state index is 0.491. The van der Waals surface area contributed by atoms with E-state index < -0.39 is 0 Å². The molecule has 0 unspecified atom stereocenters. The lowest BCUT2D eigenvalue weighted by atomic mass is 10.2. The number of ether oxygens (including phenoxy) is 1. The number of rotatable bonds is 7. The molecule has 0 bridgehead atoms. The van der Waals surface area contributed by atoms with Gasteiger partial charge in [0.25, 0.3) is 0 Å². The van der Waals surface area contributed by atoms with Crippen molar-refractivity contribution in [2.75, 3.05) is 31.7 Å². The van der Waals surface area contributed by atoms with E-state index in [0.717, 1.165) is 24.5 Å². The van der Waals surface area contributed by atoms with Crippen LogP contribution in [0.15, 0.2) is 18.3 Å². The summed E-state index contributed by atoms with van der Waals surface area (Å²) in [5, 5.41) is 0. The summed E-state index contributed by atoms with van der Waals surface area (Å²) in [4.78, 5) is 6.68. The van der Waals surface area contributed by atoms with Gasteiger partial charge in [0.2, 0.25) is 0 Å². The summed E-state index contributed by atoms with van der Waals surface area (Å²) < 4.78 is 5.15. The van der Waals surface area contributed by atoms with Gasteiger partial charge in [-0.3, -0.25) is 0 Å². The molecule has 0 aromatic carbocycles. The number of aromatic nitrogens is 1. The van der Waals surface area contributed by atoms with E-state index >= 15 is 0 Å². The molecule has 0 atom stereocenters. The van der Waals surface area contributed by atoms with E-state index in [2.05, 4.69) is 23.7 Å². The number of methoxy groups -OCH3 is 1. The number of hydrogen-bond donors (Lipinski definition) is 0. The highest BCUT2D eigenvalue weighted by Gasteiger charge is 2.13. The van der Waals surface area contributed by atoms with Gasteiger partial charge in [-0.2, -0.15) is 0 Å². The summed E-state index contributed by atoms with van der Waals surface area (Å²) in [6.45, 7) is 6.90. The maximum Gasteiger partial charge on any atom is 0.133 e. The van der Waals surface area contributed by atoms with Crippen LogP contribution in [0.5, 0.6) is 0 Å². The van der Waals surface area contributed by atoms with Gasteiger partial charge in [-0.15, -0.1) is 11.6 Å². The predicted molar refractivity (Wildman–Crippen MR) is 72.7 cm³/mol. The Labute approximate surface area is 109 Å². The van der Waals surface area contributed by atoms with Crippen molar-refractivity contribution in [2.24, 2.45) is 5.92 Å². The van der Waals surface area contributed by atoms with E-state index in [1.54, 1.807) is 7.11 Å². The summed E-state index contributed by atoms with van der Waals surface area (Å²) >= 11 is 5.95. The van der Waals surface area contributed by atoms with E-state index in [4.69, 9.17) is 16.3 Å². The van der Waals surface area contributed by atoms with Crippen molar-refractivity contribution in [2.45, 2.75) is 19.7 Å². The zero-order valence-corrected chi connectivity index (χ0v) is 11.6. The molecular weight excluding hydrogens is 236 g/mol. The van der Waals surface area contributed by atoms with Gasteiger partial charge < -0.3 is 9.64 Å². The summed E-state index contributed by atoms with van der Waals surface area (Å²) in [5.41, 5.74) is 1.07. The molecule has 0 fully saturated rings. The van der Waals surface area contributed by atoms with Gasteiger partial charge in [0, 0.05) is 32.0 Å². The molecule has 0 amide bonds. The number of pyridine rings is 1. The Bertz CT molecular complexity index is 331. The topological polar surface area (TPSA) is 25.4 Å². The average Bonchev–Trinajstić information content (AvgIpc) is 2.34. The molecule has 0 spiro atoms. The van der Waals surface area contributed by atoms with Crippen molar-refractivity contribution in [3.63, 3.8) is 0 Å². The van der Waals surface area contributed by atoms with Crippen molar-refractivity contribution in [3.05, 3.63) is 23.9 Å². The minimum absolute atomic E-state index is 0.491. The van der Waals surface area contributed by atoms with Crippen LogP contribution in [-0.2, 0) is 10.6 Å². The summed E-state index contributed by atoms with van der Waals surface area (Å²) in [7, 11) is 1.72. The van der Waals surface area contributed by atoms with Crippen LogP contribution in [-0.4, -0.2) is 31.8 Å². The average molecular weight is 257 g/mol. The largest absolute Gasteiger partial charge is 0.383 e. The first-order valence-corrected chi connectivity index (χ1v) is 6.46. The van der Waals surface area contributed by atoms with Crippen LogP contribution in [0, 0.1) is 5.92 Å². The molecular formula is C13H21ClN2O. The molecule has 0 aliphatic rings. The van der Waals surface area contributed by atoms with Gasteiger partial charge >= 0.3 is 0 Å². The lowest BCUT2D eigenvalue weighted by Gasteiger charge is -2.26. The number of alkyl halides is 1. The minimum Gasteiger partial charge on any atom is -0.383 e. The number of hydrogen-bond acceptors (Lipinski definition) is 3. The zero-order valence-electron chi connectivity index (χ0n) is 10.8. The highest BCUT2D eigenvalue weighted by molar-refractivity contribution is 6.17. The molecule has 1 aromatic heterocycles. The Morgan fingerprint density at radius 3 is 2.82 bits per heavy atom. The van der Waals surface area contributed by atoms with Gasteiger partial charge in [-0.25, -0.2) is 4.98 Å². The predicted octanol–water partition coefficient (Wildman–Crippen LogP) is 2.93. The molecule has 0 aliphatic heterocycles. The molecule has 1 heterocycles. The van der Waals surface area contributed by atoms with Crippen LogP contribution in [0.25, 0.3) is 0 Å². The molecule has 0 N–H and O–H groups in total. The second-order valence-electron chi connectivity index (χ2n) is 4.45. The number of anilines is 1. The molecule has 0 aliphatic carbocycles. The van der Waals surface area contributed by atoms with E-state index in [9.17, 15) is 0 Å². The van der Waals surface area contributed by atoms with Crippen LogP contribution in [0.2, 0.25) is 0 Å². The molecule has 1 aromatic rings. The van der Waals surface area contributed by atoms with Crippen molar-refractivity contribution >= 4 is 17.4 Å². The normalized spacial score (nSPS) is 10.9. The van der Waals surface area contributed by atoms with Gasteiger partial charge in [0.1, 0.15) is 5.82 Å². The summed E-state index contributed by atoms with van der Waals surface area (Å²) in [6.07, 6.45) is 1.81. The molecule has 17 heavy (non-hydrogen) atoms. The second kappa shape index (κ2) is 7.51. The van der Waals surface area contributed by atoms with Gasteiger partial charge in [-0.1, -0.05) is 19.9 Å². The Morgan fingerprint density at radius 1 is 1.47 bits per heavy atom. The Balaban J connectivity index is 2.86. The van der Waals surface area contributed by atoms with Crippen LogP contribution in [0.1, 0.15) is 19.4 Å². The third-order valence-electron chi connectivity index (χ3n) is 2.46. The number of halogens is 1. The Morgan fingerprint density at radius 2 is 2.24 bits per heavy atom. The maximum absolute atomic E-state index is 5.95. The van der Waals surface area contributed by atoms with Crippen molar-refractivity contribution < 1.29 is 4.74 Å². The van der Waals surface area contributed by atoms with Crippen LogP contribution < -0.4 is 4.90 Å². The van der Waals surface area contributed by atoms with E-state index in [1.165, 1.54) is 0 Å². The van der Waals surface area contributed by atoms with Crippen LogP contribution in [0.3, 0.4) is 0 Å². The molecule has 4 heteroatoms. The monoisotopic (exact) mass is 256 g/mol. The second-order valence-corrected chi connectivity index (χ2v) is 4.72.